The molecule has 0 atom stereocenters. The van der Waals surface area contributed by atoms with Crippen molar-refractivity contribution in [3.05, 3.63) is 66.9 Å². The molecule has 0 aliphatic heterocycles. The highest BCUT2D eigenvalue weighted by atomic mass is 16.2. The molecular formula is C16H14N4O. The van der Waals surface area contributed by atoms with E-state index in [9.17, 15) is 4.79 Å². The number of H-pyrrole nitrogens is 1. The van der Waals surface area contributed by atoms with Gasteiger partial charge in [0.1, 0.15) is 0 Å². The van der Waals surface area contributed by atoms with Crippen LogP contribution >= 0.6 is 0 Å². The molecule has 0 saturated heterocycles. The summed E-state index contributed by atoms with van der Waals surface area (Å²) < 4.78 is 0. The van der Waals surface area contributed by atoms with Crippen LogP contribution in [0.2, 0.25) is 0 Å². The first-order valence-electron chi connectivity index (χ1n) is 6.55. The van der Waals surface area contributed by atoms with Gasteiger partial charge in [-0.25, -0.2) is 4.79 Å². The summed E-state index contributed by atoms with van der Waals surface area (Å²) in [4.78, 5) is 12.0. The van der Waals surface area contributed by atoms with E-state index in [1.807, 2.05) is 60.7 Å². The highest BCUT2D eigenvalue weighted by Gasteiger charge is 2.11. The summed E-state index contributed by atoms with van der Waals surface area (Å²) in [6.45, 7) is 0. The van der Waals surface area contributed by atoms with Crippen molar-refractivity contribution in [2.75, 3.05) is 10.6 Å². The number of carbonyl (C=O) groups is 1. The van der Waals surface area contributed by atoms with Gasteiger partial charge in [-0.15, -0.1) is 0 Å². The van der Waals surface area contributed by atoms with Gasteiger partial charge in [0.2, 0.25) is 0 Å². The van der Waals surface area contributed by atoms with Crippen molar-refractivity contribution in [3.63, 3.8) is 0 Å². The number of benzene rings is 2. The molecule has 1 heterocycles. The molecule has 0 bridgehead atoms. The molecule has 0 spiro atoms. The van der Waals surface area contributed by atoms with Crippen molar-refractivity contribution in [1.29, 1.82) is 0 Å². The molecule has 3 N–H and O–H groups in total. The van der Waals surface area contributed by atoms with E-state index in [4.69, 9.17) is 0 Å². The van der Waals surface area contributed by atoms with Crippen molar-refractivity contribution in [2.45, 2.75) is 0 Å². The number of rotatable bonds is 3. The minimum absolute atomic E-state index is 0.328. The third-order valence-electron chi connectivity index (χ3n) is 2.99. The van der Waals surface area contributed by atoms with Crippen LogP contribution in [0.5, 0.6) is 0 Å². The van der Waals surface area contributed by atoms with E-state index in [1.165, 1.54) is 0 Å². The Hall–Kier alpha value is -3.08. The summed E-state index contributed by atoms with van der Waals surface area (Å²) in [6.07, 6.45) is 1.76. The molecule has 2 aromatic carbocycles. The first kappa shape index (κ1) is 12.9. The highest BCUT2D eigenvalue weighted by Crippen LogP contribution is 2.25. The monoisotopic (exact) mass is 278 g/mol. The van der Waals surface area contributed by atoms with Crippen molar-refractivity contribution in [3.8, 4) is 11.1 Å². The first-order valence-corrected chi connectivity index (χ1v) is 6.55. The Bertz CT molecular complexity index is 722. The van der Waals surface area contributed by atoms with E-state index in [0.29, 0.717) is 5.82 Å². The fourth-order valence-corrected chi connectivity index (χ4v) is 2.01. The van der Waals surface area contributed by atoms with Crippen LogP contribution in [-0.4, -0.2) is 16.2 Å². The lowest BCUT2D eigenvalue weighted by Gasteiger charge is -2.07. The number of aromatic amines is 1. The minimum atomic E-state index is -0.328. The average molecular weight is 278 g/mol. The normalized spacial score (nSPS) is 10.1. The van der Waals surface area contributed by atoms with Gasteiger partial charge in [-0.3, -0.25) is 10.4 Å². The number of nitrogens with one attached hydrogen (secondary N) is 3. The number of para-hydroxylation sites is 1. The number of anilines is 2. The number of hydrogen-bond donors (Lipinski definition) is 3. The fourth-order valence-electron chi connectivity index (χ4n) is 2.01. The smallest absolute Gasteiger partial charge is 0.308 e. The third-order valence-corrected chi connectivity index (χ3v) is 2.99. The van der Waals surface area contributed by atoms with Crippen LogP contribution in [0.15, 0.2) is 66.9 Å². The van der Waals surface area contributed by atoms with E-state index < -0.39 is 0 Å². The summed E-state index contributed by atoms with van der Waals surface area (Å²) in [5, 5.41) is 12.4. The second kappa shape index (κ2) is 5.92. The molecule has 21 heavy (non-hydrogen) atoms. The molecule has 0 fully saturated rings. The second-order valence-electron chi connectivity index (χ2n) is 4.46. The summed E-state index contributed by atoms with van der Waals surface area (Å²) in [5.41, 5.74) is 2.56. The number of carbonyl (C=O) groups excluding carboxylic acids is 1. The summed E-state index contributed by atoms with van der Waals surface area (Å²) in [7, 11) is 0. The van der Waals surface area contributed by atoms with Crippen molar-refractivity contribution >= 4 is 17.5 Å². The average Bonchev–Trinajstić information content (AvgIpc) is 2.97. The molecule has 0 aliphatic carbocycles. The van der Waals surface area contributed by atoms with Gasteiger partial charge in [0.15, 0.2) is 5.82 Å². The first-order chi connectivity index (χ1) is 10.3. The van der Waals surface area contributed by atoms with Gasteiger partial charge in [0.25, 0.3) is 0 Å². The van der Waals surface area contributed by atoms with E-state index >= 15 is 0 Å². The molecule has 2 amide bonds. The quantitative estimate of drug-likeness (QED) is 0.683. The zero-order valence-electron chi connectivity index (χ0n) is 11.2. The van der Waals surface area contributed by atoms with Gasteiger partial charge >= 0.3 is 6.03 Å². The van der Waals surface area contributed by atoms with Gasteiger partial charge in [0, 0.05) is 17.4 Å². The molecule has 5 nitrogen and oxygen atoms in total. The summed E-state index contributed by atoms with van der Waals surface area (Å²) >= 11 is 0. The zero-order valence-corrected chi connectivity index (χ0v) is 11.2. The molecule has 0 aliphatic rings. The molecular weight excluding hydrogens is 264 g/mol. The van der Waals surface area contributed by atoms with Crippen LogP contribution in [0, 0.1) is 0 Å². The van der Waals surface area contributed by atoms with Crippen molar-refractivity contribution in [1.82, 2.24) is 10.2 Å². The SMILES string of the molecule is O=C(Nc1ccccc1)Nc1n[nH]cc1-c1ccccc1. The zero-order chi connectivity index (χ0) is 14.5. The molecule has 5 heteroatoms. The van der Waals surface area contributed by atoms with Gasteiger partial charge < -0.3 is 5.32 Å². The lowest BCUT2D eigenvalue weighted by molar-refractivity contribution is 0.262. The van der Waals surface area contributed by atoms with Crippen molar-refractivity contribution < 1.29 is 4.79 Å². The Morgan fingerprint density at radius 1 is 0.905 bits per heavy atom. The lowest BCUT2D eigenvalue weighted by atomic mass is 10.1. The van der Waals surface area contributed by atoms with Crippen LogP contribution in [0.25, 0.3) is 11.1 Å². The minimum Gasteiger partial charge on any atom is -0.308 e. The molecule has 1 aromatic heterocycles. The van der Waals surface area contributed by atoms with Crippen LogP contribution < -0.4 is 10.6 Å². The molecule has 104 valence electrons. The molecule has 0 saturated carbocycles. The number of aromatic nitrogens is 2. The Labute approximate surface area is 122 Å². The Morgan fingerprint density at radius 2 is 1.57 bits per heavy atom. The van der Waals surface area contributed by atoms with Crippen LogP contribution in [-0.2, 0) is 0 Å². The van der Waals surface area contributed by atoms with Gasteiger partial charge in [-0.1, -0.05) is 48.5 Å². The summed E-state index contributed by atoms with van der Waals surface area (Å²) in [5.74, 6) is 0.495. The van der Waals surface area contributed by atoms with Gasteiger partial charge in [0.05, 0.1) is 0 Å². The van der Waals surface area contributed by atoms with Gasteiger partial charge in [-0.05, 0) is 17.7 Å². The van der Waals surface area contributed by atoms with Crippen LogP contribution in [0.4, 0.5) is 16.3 Å². The van der Waals surface area contributed by atoms with Crippen LogP contribution in [0.3, 0.4) is 0 Å². The second-order valence-corrected chi connectivity index (χ2v) is 4.46. The van der Waals surface area contributed by atoms with Crippen LogP contribution in [0.1, 0.15) is 0 Å². The predicted molar refractivity (Wildman–Crippen MR) is 83.1 cm³/mol. The third kappa shape index (κ3) is 3.09. The Balaban J connectivity index is 1.74. The maximum Gasteiger partial charge on any atom is 0.324 e. The maximum absolute atomic E-state index is 12.0. The highest BCUT2D eigenvalue weighted by molar-refractivity contribution is 6.01. The molecule has 3 rings (SSSR count). The maximum atomic E-state index is 12.0. The fraction of sp³-hybridized carbons (Fsp3) is 0. The number of nitrogens with zero attached hydrogens (tertiary/aromatic N) is 1. The molecule has 0 radical (unpaired) electrons. The largest absolute Gasteiger partial charge is 0.324 e. The molecule has 3 aromatic rings. The van der Waals surface area contributed by atoms with E-state index in [-0.39, 0.29) is 6.03 Å². The molecule has 0 unspecified atom stereocenters. The predicted octanol–water partition coefficient (Wildman–Crippen LogP) is 3.72. The number of hydrogen-bond acceptors (Lipinski definition) is 2. The van der Waals surface area contributed by atoms with E-state index in [0.717, 1.165) is 16.8 Å². The standard InChI is InChI=1S/C16H14N4O/c21-16(18-13-9-5-2-6-10-13)19-15-14(11-17-20-15)12-7-3-1-4-8-12/h1-11H,(H3,17,18,19,20,21). The van der Waals surface area contributed by atoms with Crippen molar-refractivity contribution in [2.24, 2.45) is 0 Å². The number of amides is 2. The van der Waals surface area contributed by atoms with Gasteiger partial charge in [-0.2, -0.15) is 5.10 Å². The Morgan fingerprint density at radius 3 is 2.29 bits per heavy atom. The topological polar surface area (TPSA) is 69.8 Å². The summed E-state index contributed by atoms with van der Waals surface area (Å²) in [6, 6.07) is 18.7. The van der Waals surface area contributed by atoms with E-state index in [1.54, 1.807) is 6.20 Å². The lowest BCUT2D eigenvalue weighted by Crippen LogP contribution is -2.19. The Kier molecular flexibility index (Phi) is 3.64. The van der Waals surface area contributed by atoms with E-state index in [2.05, 4.69) is 20.8 Å². The number of urea groups is 1.